The summed E-state index contributed by atoms with van der Waals surface area (Å²) in [5.41, 5.74) is 0.819. The number of rotatable bonds is 4. The first kappa shape index (κ1) is 19.1. The van der Waals surface area contributed by atoms with Crippen LogP contribution in [0.25, 0.3) is 10.2 Å². The molecule has 0 fully saturated rings. The Morgan fingerprint density at radius 3 is 2.89 bits per heavy atom. The number of nitrogens with one attached hydrogen (secondary N) is 2. The van der Waals surface area contributed by atoms with E-state index in [1.807, 2.05) is 0 Å². The highest BCUT2D eigenvalue weighted by Crippen LogP contribution is 2.34. The van der Waals surface area contributed by atoms with Crippen LogP contribution in [-0.4, -0.2) is 21.1 Å². The Hall–Kier alpha value is -2.26. The zero-order valence-electron chi connectivity index (χ0n) is 15.0. The number of H-pyrrole nitrogens is 1. The van der Waals surface area contributed by atoms with Crippen LogP contribution in [0.3, 0.4) is 0 Å². The molecule has 5 nitrogen and oxygen atoms in total. The number of aryl methyl sites for hydroxylation is 2. The number of aromatic nitrogens is 2. The van der Waals surface area contributed by atoms with Crippen molar-refractivity contribution in [3.63, 3.8) is 0 Å². The first-order chi connectivity index (χ1) is 13.4. The van der Waals surface area contributed by atoms with E-state index in [-0.39, 0.29) is 11.2 Å². The van der Waals surface area contributed by atoms with Gasteiger partial charge in [0.25, 0.3) is 5.56 Å². The monoisotopic (exact) mass is 421 g/mol. The van der Waals surface area contributed by atoms with E-state index < -0.39 is 22.8 Å². The number of hydrogen-bond acceptors (Lipinski definition) is 5. The van der Waals surface area contributed by atoms with Crippen LogP contribution in [0.4, 0.5) is 14.5 Å². The fourth-order valence-electron chi connectivity index (χ4n) is 3.25. The van der Waals surface area contributed by atoms with E-state index >= 15 is 0 Å². The van der Waals surface area contributed by atoms with E-state index in [9.17, 15) is 18.4 Å². The largest absolute Gasteiger partial charge is 0.323 e. The minimum absolute atomic E-state index is 0.0957. The van der Waals surface area contributed by atoms with Crippen LogP contribution in [-0.2, 0) is 17.6 Å². The number of anilines is 1. The molecule has 1 aliphatic carbocycles. The lowest BCUT2D eigenvalue weighted by Gasteiger charge is -2.12. The van der Waals surface area contributed by atoms with Crippen LogP contribution >= 0.6 is 23.1 Å². The Morgan fingerprint density at radius 2 is 2.11 bits per heavy atom. The van der Waals surface area contributed by atoms with Crippen molar-refractivity contribution in [3.8, 4) is 0 Å². The van der Waals surface area contributed by atoms with E-state index in [1.54, 1.807) is 6.92 Å². The molecule has 1 aliphatic rings. The SMILES string of the molecule is C[C@@H](Sc1nc2sc3c(c2c(=O)[nH]1)CCCC3)C(=O)Nc1ccc(F)cc1F. The fourth-order valence-corrected chi connectivity index (χ4v) is 5.36. The van der Waals surface area contributed by atoms with Crippen molar-refractivity contribution in [3.05, 3.63) is 50.6 Å². The van der Waals surface area contributed by atoms with Crippen LogP contribution in [0.2, 0.25) is 0 Å². The van der Waals surface area contributed by atoms with Crippen molar-refractivity contribution in [2.45, 2.75) is 43.0 Å². The standard InChI is InChI=1S/C19H17F2N3O2S2/c1-9(16(25)22-13-7-6-10(20)8-12(13)21)27-19-23-17(26)15-11-4-2-3-5-14(11)28-18(15)24-19/h6-9H,2-5H2,1H3,(H,22,25)(H,23,24,26)/t9-/m1/s1. The predicted octanol–water partition coefficient (Wildman–Crippen LogP) is 4.26. The summed E-state index contributed by atoms with van der Waals surface area (Å²) in [5, 5.41) is 2.80. The van der Waals surface area contributed by atoms with Crippen LogP contribution in [0.15, 0.2) is 28.2 Å². The molecule has 4 rings (SSSR count). The molecule has 1 aromatic carbocycles. The van der Waals surface area contributed by atoms with Crippen molar-refractivity contribution in [1.82, 2.24) is 9.97 Å². The topological polar surface area (TPSA) is 74.8 Å². The second kappa shape index (κ2) is 7.63. The number of amides is 1. The third-order valence-electron chi connectivity index (χ3n) is 4.65. The highest BCUT2D eigenvalue weighted by Gasteiger charge is 2.22. The van der Waals surface area contributed by atoms with Gasteiger partial charge in [-0.1, -0.05) is 11.8 Å². The average molecular weight is 421 g/mol. The van der Waals surface area contributed by atoms with Crippen LogP contribution in [0, 0.1) is 11.6 Å². The predicted molar refractivity (Wildman–Crippen MR) is 107 cm³/mol. The van der Waals surface area contributed by atoms with E-state index in [0.29, 0.717) is 21.4 Å². The summed E-state index contributed by atoms with van der Waals surface area (Å²) in [6.45, 7) is 1.63. The number of benzene rings is 1. The second-order valence-electron chi connectivity index (χ2n) is 6.64. The highest BCUT2D eigenvalue weighted by molar-refractivity contribution is 8.00. The smallest absolute Gasteiger partial charge is 0.260 e. The lowest BCUT2D eigenvalue weighted by molar-refractivity contribution is -0.115. The molecule has 2 N–H and O–H groups in total. The number of carbonyl (C=O) groups excluding carboxylic acids is 1. The number of carbonyl (C=O) groups is 1. The van der Waals surface area contributed by atoms with Gasteiger partial charge < -0.3 is 10.3 Å². The summed E-state index contributed by atoms with van der Waals surface area (Å²) in [4.78, 5) is 34.1. The summed E-state index contributed by atoms with van der Waals surface area (Å²) in [7, 11) is 0. The van der Waals surface area contributed by atoms with Crippen LogP contribution < -0.4 is 10.9 Å². The molecule has 3 aromatic rings. The van der Waals surface area contributed by atoms with Gasteiger partial charge in [-0.3, -0.25) is 9.59 Å². The van der Waals surface area contributed by atoms with Crippen molar-refractivity contribution in [2.24, 2.45) is 0 Å². The van der Waals surface area contributed by atoms with Gasteiger partial charge in [-0.15, -0.1) is 11.3 Å². The molecule has 1 amide bonds. The molecular formula is C19H17F2N3O2S2. The van der Waals surface area contributed by atoms with Gasteiger partial charge in [-0.25, -0.2) is 13.8 Å². The summed E-state index contributed by atoms with van der Waals surface area (Å²) in [5.74, 6) is -2.03. The summed E-state index contributed by atoms with van der Waals surface area (Å²) < 4.78 is 26.7. The van der Waals surface area contributed by atoms with Crippen LogP contribution in [0.1, 0.15) is 30.2 Å². The third kappa shape index (κ3) is 3.68. The Labute approximate surface area is 167 Å². The van der Waals surface area contributed by atoms with Crippen LogP contribution in [0.5, 0.6) is 0 Å². The number of thioether (sulfide) groups is 1. The maximum absolute atomic E-state index is 13.7. The first-order valence-electron chi connectivity index (χ1n) is 8.89. The molecule has 1 atom stereocenters. The lowest BCUT2D eigenvalue weighted by atomic mass is 9.97. The minimum Gasteiger partial charge on any atom is -0.323 e. The molecule has 0 spiro atoms. The number of halogens is 2. The summed E-state index contributed by atoms with van der Waals surface area (Å²) in [6, 6.07) is 2.95. The lowest BCUT2D eigenvalue weighted by Crippen LogP contribution is -2.23. The van der Waals surface area contributed by atoms with Crippen molar-refractivity contribution in [2.75, 3.05) is 5.32 Å². The van der Waals surface area contributed by atoms with E-state index in [1.165, 1.54) is 22.3 Å². The Balaban J connectivity index is 1.54. The Morgan fingerprint density at radius 1 is 1.32 bits per heavy atom. The van der Waals surface area contributed by atoms with E-state index in [4.69, 9.17) is 0 Å². The Kier molecular flexibility index (Phi) is 5.20. The normalized spacial score (nSPS) is 14.7. The number of nitrogens with zero attached hydrogens (tertiary/aromatic N) is 1. The number of hydrogen-bond donors (Lipinski definition) is 2. The molecular weight excluding hydrogens is 404 g/mol. The molecule has 0 aliphatic heterocycles. The molecule has 0 unspecified atom stereocenters. The van der Waals surface area contributed by atoms with Gasteiger partial charge in [0.2, 0.25) is 5.91 Å². The molecule has 0 radical (unpaired) electrons. The Bertz CT molecular complexity index is 1130. The molecule has 2 aromatic heterocycles. The highest BCUT2D eigenvalue weighted by atomic mass is 32.2. The maximum atomic E-state index is 13.7. The molecule has 0 saturated heterocycles. The van der Waals surface area contributed by atoms with Gasteiger partial charge in [0.15, 0.2) is 5.16 Å². The van der Waals surface area contributed by atoms with E-state index in [0.717, 1.165) is 49.1 Å². The van der Waals surface area contributed by atoms with Gasteiger partial charge in [-0.2, -0.15) is 0 Å². The number of aromatic amines is 1. The summed E-state index contributed by atoms with van der Waals surface area (Å²) in [6.07, 6.45) is 4.07. The molecule has 2 heterocycles. The van der Waals surface area contributed by atoms with Gasteiger partial charge in [0.1, 0.15) is 16.5 Å². The zero-order valence-corrected chi connectivity index (χ0v) is 16.6. The average Bonchev–Trinajstić information content (AvgIpc) is 3.02. The molecule has 0 saturated carbocycles. The quantitative estimate of drug-likeness (QED) is 0.488. The van der Waals surface area contributed by atoms with Crippen molar-refractivity contribution >= 4 is 44.9 Å². The third-order valence-corrected chi connectivity index (χ3v) is 6.82. The van der Waals surface area contributed by atoms with E-state index in [2.05, 4.69) is 15.3 Å². The fraction of sp³-hybridized carbons (Fsp3) is 0.316. The van der Waals surface area contributed by atoms with Crippen molar-refractivity contribution in [1.29, 1.82) is 0 Å². The van der Waals surface area contributed by atoms with Gasteiger partial charge in [0.05, 0.1) is 16.3 Å². The van der Waals surface area contributed by atoms with Gasteiger partial charge in [-0.05, 0) is 50.3 Å². The number of thiophene rings is 1. The second-order valence-corrected chi connectivity index (χ2v) is 9.05. The summed E-state index contributed by atoms with van der Waals surface area (Å²) >= 11 is 2.63. The van der Waals surface area contributed by atoms with Crippen molar-refractivity contribution < 1.29 is 13.6 Å². The molecule has 28 heavy (non-hydrogen) atoms. The van der Waals surface area contributed by atoms with Gasteiger partial charge >= 0.3 is 0 Å². The molecule has 146 valence electrons. The number of fused-ring (bicyclic) bond motifs is 3. The minimum atomic E-state index is -0.845. The first-order valence-corrected chi connectivity index (χ1v) is 10.6. The molecule has 9 heteroatoms. The molecule has 0 bridgehead atoms. The van der Waals surface area contributed by atoms with Gasteiger partial charge in [0, 0.05) is 10.9 Å². The maximum Gasteiger partial charge on any atom is 0.260 e. The zero-order chi connectivity index (χ0) is 19.8.